The molecule has 0 aliphatic carbocycles. The highest BCUT2D eigenvalue weighted by molar-refractivity contribution is 5.34. The lowest BCUT2D eigenvalue weighted by atomic mass is 9.85. The maximum atomic E-state index is 9.04. The van der Waals surface area contributed by atoms with Gasteiger partial charge in [-0.1, -0.05) is 39.0 Å². The summed E-state index contributed by atoms with van der Waals surface area (Å²) < 4.78 is 0. The van der Waals surface area contributed by atoms with E-state index >= 15 is 0 Å². The summed E-state index contributed by atoms with van der Waals surface area (Å²) in [4.78, 5) is 1.90. The van der Waals surface area contributed by atoms with E-state index in [0.717, 1.165) is 6.54 Å². The molecule has 0 saturated carbocycles. The molecule has 90 valence electrons. The first kappa shape index (κ1) is 13.2. The fourth-order valence-electron chi connectivity index (χ4n) is 1.65. The zero-order valence-electron chi connectivity index (χ0n) is 11.0. The van der Waals surface area contributed by atoms with Crippen LogP contribution >= 0.6 is 0 Å². The maximum absolute atomic E-state index is 9.04. The molecule has 0 aliphatic rings. The fraction of sp³-hybridized carbons (Fsp3) is 0.571. The third kappa shape index (κ3) is 3.32. The van der Waals surface area contributed by atoms with Crippen molar-refractivity contribution >= 4 is 0 Å². The molecular formula is C14H23NO. The second-order valence-corrected chi connectivity index (χ2v) is 5.55. The van der Waals surface area contributed by atoms with Gasteiger partial charge in [0.25, 0.3) is 0 Å². The Balaban J connectivity index is 3.00. The molecule has 16 heavy (non-hydrogen) atoms. The first-order chi connectivity index (χ1) is 7.34. The van der Waals surface area contributed by atoms with Gasteiger partial charge in [-0.3, -0.25) is 4.90 Å². The van der Waals surface area contributed by atoms with E-state index in [1.165, 1.54) is 16.7 Å². The fourth-order valence-corrected chi connectivity index (χ4v) is 1.65. The van der Waals surface area contributed by atoms with E-state index in [-0.39, 0.29) is 12.1 Å². The molecule has 0 amide bonds. The summed E-state index contributed by atoms with van der Waals surface area (Å²) >= 11 is 0. The van der Waals surface area contributed by atoms with Crippen molar-refractivity contribution in [3.63, 3.8) is 0 Å². The van der Waals surface area contributed by atoms with Gasteiger partial charge in [-0.2, -0.15) is 0 Å². The third-order valence-corrected chi connectivity index (χ3v) is 2.90. The Morgan fingerprint density at radius 3 is 2.38 bits per heavy atom. The van der Waals surface area contributed by atoms with E-state index < -0.39 is 0 Å². The van der Waals surface area contributed by atoms with Crippen LogP contribution in [0.25, 0.3) is 0 Å². The average Bonchev–Trinajstić information content (AvgIpc) is 2.19. The van der Waals surface area contributed by atoms with Gasteiger partial charge in [0.1, 0.15) is 0 Å². The highest BCUT2D eigenvalue weighted by atomic mass is 16.3. The van der Waals surface area contributed by atoms with Crippen molar-refractivity contribution in [2.75, 3.05) is 13.8 Å². The summed E-state index contributed by atoms with van der Waals surface area (Å²) in [5.41, 5.74) is 4.11. The Morgan fingerprint density at radius 1 is 1.25 bits per heavy atom. The molecule has 0 saturated heterocycles. The van der Waals surface area contributed by atoms with Gasteiger partial charge in [-0.05, 0) is 36.1 Å². The topological polar surface area (TPSA) is 23.5 Å². The quantitative estimate of drug-likeness (QED) is 0.793. The molecule has 0 aromatic heterocycles. The molecule has 1 rings (SSSR count). The number of aryl methyl sites for hydroxylation is 1. The van der Waals surface area contributed by atoms with Crippen LogP contribution in [-0.2, 0) is 12.0 Å². The second-order valence-electron chi connectivity index (χ2n) is 5.55. The van der Waals surface area contributed by atoms with E-state index in [9.17, 15) is 0 Å². The van der Waals surface area contributed by atoms with Gasteiger partial charge in [0, 0.05) is 6.54 Å². The Labute approximate surface area is 98.9 Å². The lowest BCUT2D eigenvalue weighted by Gasteiger charge is -2.22. The Kier molecular flexibility index (Phi) is 4.11. The maximum Gasteiger partial charge on any atom is 0.0956 e. The second kappa shape index (κ2) is 4.98. The van der Waals surface area contributed by atoms with E-state index in [1.807, 2.05) is 11.9 Å². The number of hydrogen-bond donors (Lipinski definition) is 1. The molecule has 0 bridgehead atoms. The molecular weight excluding hydrogens is 198 g/mol. The molecule has 0 spiro atoms. The van der Waals surface area contributed by atoms with Gasteiger partial charge in [0.2, 0.25) is 0 Å². The largest absolute Gasteiger partial charge is 0.381 e. The smallest absolute Gasteiger partial charge is 0.0956 e. The number of rotatable bonds is 3. The van der Waals surface area contributed by atoms with Crippen LogP contribution in [0.4, 0.5) is 0 Å². The molecule has 1 aromatic carbocycles. The molecule has 1 N–H and O–H groups in total. The standard InChI is InChI=1S/C14H23NO/c1-11-6-7-13(14(2,3)4)8-12(11)9-15(5)10-16/h6-8,16H,9-10H2,1-5H3. The summed E-state index contributed by atoms with van der Waals surface area (Å²) in [5.74, 6) is 0. The summed E-state index contributed by atoms with van der Waals surface area (Å²) in [6.45, 7) is 9.67. The molecule has 1 aromatic rings. The minimum absolute atomic E-state index is 0.0964. The predicted octanol–water partition coefficient (Wildman–Crippen LogP) is 2.67. The normalized spacial score (nSPS) is 12.2. The number of aliphatic hydroxyl groups excluding tert-OH is 1. The van der Waals surface area contributed by atoms with Gasteiger partial charge in [-0.15, -0.1) is 0 Å². The van der Waals surface area contributed by atoms with Gasteiger partial charge in [-0.25, -0.2) is 0 Å². The van der Waals surface area contributed by atoms with Gasteiger partial charge >= 0.3 is 0 Å². The average molecular weight is 221 g/mol. The first-order valence-electron chi connectivity index (χ1n) is 5.74. The highest BCUT2D eigenvalue weighted by Crippen LogP contribution is 2.24. The van der Waals surface area contributed by atoms with Crippen LogP contribution in [0, 0.1) is 6.92 Å². The summed E-state index contributed by atoms with van der Waals surface area (Å²) in [7, 11) is 1.92. The highest BCUT2D eigenvalue weighted by Gasteiger charge is 2.14. The molecule has 0 heterocycles. The zero-order valence-corrected chi connectivity index (χ0v) is 11.0. The van der Waals surface area contributed by atoms with Crippen LogP contribution in [0.5, 0.6) is 0 Å². The van der Waals surface area contributed by atoms with Crippen LogP contribution in [0.3, 0.4) is 0 Å². The van der Waals surface area contributed by atoms with E-state index in [2.05, 4.69) is 45.9 Å². The number of aliphatic hydroxyl groups is 1. The van der Waals surface area contributed by atoms with Crippen LogP contribution in [0.15, 0.2) is 18.2 Å². The van der Waals surface area contributed by atoms with Crippen LogP contribution in [-0.4, -0.2) is 23.8 Å². The minimum Gasteiger partial charge on any atom is -0.381 e. The number of benzene rings is 1. The van der Waals surface area contributed by atoms with Crippen LogP contribution < -0.4 is 0 Å². The SMILES string of the molecule is Cc1ccc(C(C)(C)C)cc1CN(C)CO. The van der Waals surface area contributed by atoms with Crippen LogP contribution in [0.1, 0.15) is 37.5 Å². The summed E-state index contributed by atoms with van der Waals surface area (Å²) in [5, 5.41) is 9.04. The van der Waals surface area contributed by atoms with Gasteiger partial charge < -0.3 is 5.11 Å². The first-order valence-corrected chi connectivity index (χ1v) is 5.74. The number of hydrogen-bond acceptors (Lipinski definition) is 2. The van der Waals surface area contributed by atoms with Crippen molar-refractivity contribution in [2.24, 2.45) is 0 Å². The monoisotopic (exact) mass is 221 g/mol. The molecule has 0 fully saturated rings. The lowest BCUT2D eigenvalue weighted by Crippen LogP contribution is -2.20. The third-order valence-electron chi connectivity index (χ3n) is 2.90. The molecule has 0 unspecified atom stereocenters. The van der Waals surface area contributed by atoms with E-state index in [4.69, 9.17) is 5.11 Å². The van der Waals surface area contributed by atoms with Crippen molar-refractivity contribution in [3.05, 3.63) is 34.9 Å². The molecule has 2 nitrogen and oxygen atoms in total. The Bertz CT molecular complexity index is 352. The van der Waals surface area contributed by atoms with E-state index in [1.54, 1.807) is 0 Å². The molecule has 0 radical (unpaired) electrons. The number of nitrogens with zero attached hydrogens (tertiary/aromatic N) is 1. The van der Waals surface area contributed by atoms with Crippen molar-refractivity contribution < 1.29 is 5.11 Å². The molecule has 0 atom stereocenters. The van der Waals surface area contributed by atoms with Crippen molar-refractivity contribution in [3.8, 4) is 0 Å². The van der Waals surface area contributed by atoms with E-state index in [0.29, 0.717) is 0 Å². The van der Waals surface area contributed by atoms with Crippen molar-refractivity contribution in [2.45, 2.75) is 39.7 Å². The summed E-state index contributed by atoms with van der Waals surface area (Å²) in [6.07, 6.45) is 0. The Hall–Kier alpha value is -0.860. The zero-order chi connectivity index (χ0) is 12.3. The molecule has 0 aliphatic heterocycles. The lowest BCUT2D eigenvalue weighted by molar-refractivity contribution is 0.126. The molecule has 2 heteroatoms. The Morgan fingerprint density at radius 2 is 1.88 bits per heavy atom. The van der Waals surface area contributed by atoms with Gasteiger partial charge in [0.05, 0.1) is 6.73 Å². The van der Waals surface area contributed by atoms with Crippen molar-refractivity contribution in [1.82, 2.24) is 4.90 Å². The predicted molar refractivity (Wildman–Crippen MR) is 68.4 cm³/mol. The minimum atomic E-state index is 0.0964. The van der Waals surface area contributed by atoms with Crippen molar-refractivity contribution in [1.29, 1.82) is 0 Å². The van der Waals surface area contributed by atoms with Gasteiger partial charge in [0.15, 0.2) is 0 Å². The van der Waals surface area contributed by atoms with Crippen LogP contribution in [0.2, 0.25) is 0 Å². The summed E-state index contributed by atoms with van der Waals surface area (Å²) in [6, 6.07) is 6.61.